The van der Waals surface area contributed by atoms with Crippen molar-refractivity contribution in [3.05, 3.63) is 23.9 Å². The van der Waals surface area contributed by atoms with Gasteiger partial charge in [-0.2, -0.15) is 0 Å². The van der Waals surface area contributed by atoms with E-state index in [9.17, 15) is 9.59 Å². The number of carbonyl (C=O) groups excluding carboxylic acids is 1. The predicted molar refractivity (Wildman–Crippen MR) is 63.4 cm³/mol. The normalized spacial score (nSPS) is 27.6. The first-order valence-electron chi connectivity index (χ1n) is 5.18. The Morgan fingerprint density at radius 3 is 3.06 bits per heavy atom. The summed E-state index contributed by atoms with van der Waals surface area (Å²) in [4.78, 5) is 24.2. The van der Waals surface area contributed by atoms with Gasteiger partial charge in [0.2, 0.25) is 0 Å². The Balaban J connectivity index is 2.18. The standard InChI is InChI=1S/C11H13NO4S/c1-3-4-16-8-9(13)12-7(11(14)15)6(2)5-17-10(8)12/h3,8,10H,1,4-5H2,2H3,(H,14,15)/t8-,10-/m1/s1. The Labute approximate surface area is 103 Å². The van der Waals surface area contributed by atoms with Gasteiger partial charge in [0.15, 0.2) is 6.10 Å². The minimum atomic E-state index is -1.05. The zero-order valence-electron chi connectivity index (χ0n) is 9.38. The Bertz CT molecular complexity index is 418. The lowest BCUT2D eigenvalue weighted by atomic mass is 10.1. The van der Waals surface area contributed by atoms with Gasteiger partial charge in [-0.25, -0.2) is 4.79 Å². The molecule has 0 spiro atoms. The highest BCUT2D eigenvalue weighted by Gasteiger charge is 2.53. The third-order valence-electron chi connectivity index (χ3n) is 2.71. The second-order valence-electron chi connectivity index (χ2n) is 3.89. The van der Waals surface area contributed by atoms with Crippen molar-refractivity contribution in [3.8, 4) is 0 Å². The van der Waals surface area contributed by atoms with Gasteiger partial charge in [-0.05, 0) is 12.5 Å². The molecule has 2 aliphatic rings. The molecule has 1 saturated heterocycles. The fraction of sp³-hybridized carbons (Fsp3) is 0.455. The molecule has 0 unspecified atom stereocenters. The fourth-order valence-corrected chi connectivity index (χ4v) is 3.22. The van der Waals surface area contributed by atoms with E-state index in [4.69, 9.17) is 9.84 Å². The maximum absolute atomic E-state index is 11.8. The summed E-state index contributed by atoms with van der Waals surface area (Å²) in [5.41, 5.74) is 0.825. The van der Waals surface area contributed by atoms with Crippen LogP contribution in [0, 0.1) is 0 Å². The smallest absolute Gasteiger partial charge is 0.352 e. The lowest BCUT2D eigenvalue weighted by molar-refractivity contribution is -0.163. The first-order valence-corrected chi connectivity index (χ1v) is 6.23. The zero-order chi connectivity index (χ0) is 12.6. The summed E-state index contributed by atoms with van der Waals surface area (Å²) in [5, 5.41) is 8.88. The van der Waals surface area contributed by atoms with Gasteiger partial charge in [0.25, 0.3) is 5.91 Å². The average molecular weight is 255 g/mol. The summed E-state index contributed by atoms with van der Waals surface area (Å²) >= 11 is 1.53. The molecular formula is C11H13NO4S. The Kier molecular flexibility index (Phi) is 3.26. The van der Waals surface area contributed by atoms with Crippen LogP contribution in [0.5, 0.6) is 0 Å². The number of aliphatic carboxylic acids is 1. The van der Waals surface area contributed by atoms with E-state index in [-0.39, 0.29) is 17.0 Å². The van der Waals surface area contributed by atoms with Gasteiger partial charge < -0.3 is 9.84 Å². The molecule has 0 saturated carbocycles. The second-order valence-corrected chi connectivity index (χ2v) is 4.99. The number of thioether (sulfide) groups is 1. The first-order chi connectivity index (χ1) is 8.07. The van der Waals surface area contributed by atoms with Gasteiger partial charge in [-0.1, -0.05) is 6.08 Å². The van der Waals surface area contributed by atoms with Crippen molar-refractivity contribution in [2.24, 2.45) is 0 Å². The van der Waals surface area contributed by atoms with Crippen molar-refractivity contribution in [1.82, 2.24) is 4.90 Å². The highest BCUT2D eigenvalue weighted by molar-refractivity contribution is 8.00. The molecule has 2 rings (SSSR count). The monoisotopic (exact) mass is 255 g/mol. The van der Waals surface area contributed by atoms with Crippen molar-refractivity contribution in [2.75, 3.05) is 12.4 Å². The number of nitrogens with zero attached hydrogens (tertiary/aromatic N) is 1. The van der Waals surface area contributed by atoms with Gasteiger partial charge in [0, 0.05) is 5.75 Å². The van der Waals surface area contributed by atoms with E-state index in [2.05, 4.69) is 6.58 Å². The minimum absolute atomic E-state index is 0.109. The Morgan fingerprint density at radius 2 is 2.47 bits per heavy atom. The zero-order valence-corrected chi connectivity index (χ0v) is 10.2. The van der Waals surface area contributed by atoms with Crippen molar-refractivity contribution >= 4 is 23.6 Å². The molecule has 5 nitrogen and oxygen atoms in total. The molecule has 0 aromatic heterocycles. The predicted octanol–water partition coefficient (Wildman–Crippen LogP) is 0.831. The van der Waals surface area contributed by atoms with Crippen LogP contribution in [0.4, 0.5) is 0 Å². The van der Waals surface area contributed by atoms with Crippen molar-refractivity contribution < 1.29 is 19.4 Å². The number of carbonyl (C=O) groups is 2. The van der Waals surface area contributed by atoms with Gasteiger partial charge in [-0.3, -0.25) is 9.69 Å². The van der Waals surface area contributed by atoms with Crippen molar-refractivity contribution in [3.63, 3.8) is 0 Å². The number of amides is 1. The maximum atomic E-state index is 11.8. The largest absolute Gasteiger partial charge is 0.477 e. The molecule has 0 radical (unpaired) electrons. The maximum Gasteiger partial charge on any atom is 0.352 e. The van der Waals surface area contributed by atoms with E-state index in [0.29, 0.717) is 17.9 Å². The van der Waals surface area contributed by atoms with Crippen LogP contribution in [0.3, 0.4) is 0 Å². The Hall–Kier alpha value is -1.27. The van der Waals surface area contributed by atoms with Crippen molar-refractivity contribution in [1.29, 1.82) is 0 Å². The topological polar surface area (TPSA) is 66.8 Å². The Morgan fingerprint density at radius 1 is 1.76 bits per heavy atom. The molecule has 6 heteroatoms. The SMILES string of the molecule is C=CCO[C@@H]1C(=O)N2C(C(=O)O)=C(C)CS[C@H]12. The van der Waals surface area contributed by atoms with Crippen molar-refractivity contribution in [2.45, 2.75) is 18.4 Å². The molecule has 2 atom stereocenters. The van der Waals surface area contributed by atoms with E-state index in [1.54, 1.807) is 13.0 Å². The van der Waals surface area contributed by atoms with Crippen LogP contribution in [0.2, 0.25) is 0 Å². The van der Waals surface area contributed by atoms with Crippen LogP contribution in [0.15, 0.2) is 23.9 Å². The summed E-state index contributed by atoms with van der Waals surface area (Å²) in [6, 6.07) is 0. The van der Waals surface area contributed by atoms with Gasteiger partial charge in [0.1, 0.15) is 11.1 Å². The van der Waals surface area contributed by atoms with E-state index in [1.807, 2.05) is 0 Å². The lowest BCUT2D eigenvalue weighted by Crippen LogP contribution is -2.65. The van der Waals surface area contributed by atoms with E-state index in [0.717, 1.165) is 0 Å². The number of fused-ring (bicyclic) bond motifs is 1. The molecule has 1 fully saturated rings. The summed E-state index contributed by atoms with van der Waals surface area (Å²) in [7, 11) is 0. The first kappa shape index (κ1) is 12.2. The average Bonchev–Trinajstić information content (AvgIpc) is 2.29. The second kappa shape index (κ2) is 4.54. The lowest BCUT2D eigenvalue weighted by Gasteiger charge is -2.48. The summed E-state index contributed by atoms with van der Waals surface area (Å²) in [6.45, 7) is 5.55. The molecule has 1 amide bonds. The van der Waals surface area contributed by atoms with Crippen LogP contribution in [-0.4, -0.2) is 45.7 Å². The molecule has 0 aliphatic carbocycles. The highest BCUT2D eigenvalue weighted by Crippen LogP contribution is 2.41. The van der Waals surface area contributed by atoms with Gasteiger partial charge in [-0.15, -0.1) is 18.3 Å². The number of hydrogen-bond acceptors (Lipinski definition) is 4. The van der Waals surface area contributed by atoms with Crippen LogP contribution in [0.1, 0.15) is 6.92 Å². The molecule has 2 heterocycles. The van der Waals surface area contributed by atoms with Gasteiger partial charge in [0.05, 0.1) is 6.61 Å². The summed E-state index contributed by atoms with van der Waals surface area (Å²) in [5.74, 6) is -0.714. The van der Waals surface area contributed by atoms with Gasteiger partial charge >= 0.3 is 5.97 Å². The van der Waals surface area contributed by atoms with E-state index >= 15 is 0 Å². The summed E-state index contributed by atoms with van der Waals surface area (Å²) in [6.07, 6.45) is 1.03. The number of rotatable bonds is 4. The number of β-lactam (4-membered cyclic amide) rings is 1. The van der Waals surface area contributed by atoms with Crippen LogP contribution in [-0.2, 0) is 14.3 Å². The molecule has 1 N–H and O–H groups in total. The van der Waals surface area contributed by atoms with E-state index in [1.165, 1.54) is 16.7 Å². The summed E-state index contributed by atoms with van der Waals surface area (Å²) < 4.78 is 5.33. The van der Waals surface area contributed by atoms with Crippen LogP contribution < -0.4 is 0 Å². The number of carboxylic acids is 1. The molecule has 0 aromatic carbocycles. The molecule has 0 aromatic rings. The number of ether oxygens (including phenoxy) is 1. The third-order valence-corrected chi connectivity index (χ3v) is 4.11. The minimum Gasteiger partial charge on any atom is -0.477 e. The van der Waals surface area contributed by atoms with Crippen LogP contribution in [0.25, 0.3) is 0 Å². The molecular weight excluding hydrogens is 242 g/mol. The molecule has 92 valence electrons. The fourth-order valence-electron chi connectivity index (χ4n) is 1.93. The number of hydrogen-bond donors (Lipinski definition) is 1. The van der Waals surface area contributed by atoms with E-state index < -0.39 is 12.1 Å². The third kappa shape index (κ3) is 1.87. The quantitative estimate of drug-likeness (QED) is 0.595. The molecule has 17 heavy (non-hydrogen) atoms. The van der Waals surface area contributed by atoms with Crippen LogP contribution >= 0.6 is 11.8 Å². The highest BCUT2D eigenvalue weighted by atomic mass is 32.2. The molecule has 2 aliphatic heterocycles. The number of carboxylic acid groups (broad SMARTS) is 1. The molecule has 0 bridgehead atoms.